The van der Waals surface area contributed by atoms with Gasteiger partial charge in [-0.25, -0.2) is 26.8 Å². The highest BCUT2D eigenvalue weighted by molar-refractivity contribution is 7.89. The van der Waals surface area contributed by atoms with E-state index < -0.39 is 36.9 Å². The monoisotopic (exact) mass is 613 g/mol. The maximum absolute atomic E-state index is 14.4. The van der Waals surface area contributed by atoms with Crippen LogP contribution in [0, 0.1) is 24.7 Å². The Kier molecular flexibility index (Phi) is 11.6. The molecule has 2 aliphatic rings. The van der Waals surface area contributed by atoms with Crippen molar-refractivity contribution in [2.24, 2.45) is 22.9 Å². The predicted molar refractivity (Wildman–Crippen MR) is 163 cm³/mol. The molecule has 5 atom stereocenters. The van der Waals surface area contributed by atoms with Crippen LogP contribution >= 0.6 is 0 Å². The number of nitrogens with one attached hydrogen (secondary N) is 2. The second-order valence-corrected chi connectivity index (χ2v) is 16.6. The fourth-order valence-electron chi connectivity index (χ4n) is 6.91. The van der Waals surface area contributed by atoms with E-state index in [9.17, 15) is 21.6 Å². The molecule has 10 nitrogen and oxygen atoms in total. The summed E-state index contributed by atoms with van der Waals surface area (Å²) >= 11 is 0. The van der Waals surface area contributed by atoms with E-state index in [0.29, 0.717) is 31.2 Å². The molecule has 12 heteroatoms. The minimum absolute atomic E-state index is 0.0772. The standard InChI is InChI=1S/C29H51N5O5S2/c1-21-9-6-12-27(23(21)3)41(38,39)34(17-8-14-32-28(35)33-16-18-40(30,36)37)29(4,5)25-11-7-10-24(19-25)26-13-15-31-20-22(26)2/h13,15,20-21,23-25,27H,6-12,14,16-19H2,1-5H3,(H2,30,36,37)(H2,32,33,35). The van der Waals surface area contributed by atoms with Crippen molar-refractivity contribution in [3.63, 3.8) is 0 Å². The number of pyridine rings is 1. The van der Waals surface area contributed by atoms with E-state index in [0.717, 1.165) is 38.5 Å². The quantitative estimate of drug-likeness (QED) is 0.304. The number of amides is 2. The molecule has 0 spiro atoms. The van der Waals surface area contributed by atoms with E-state index in [1.54, 1.807) is 4.31 Å². The summed E-state index contributed by atoms with van der Waals surface area (Å²) in [6, 6.07) is 1.61. The van der Waals surface area contributed by atoms with Crippen LogP contribution in [0.3, 0.4) is 0 Å². The molecule has 0 aliphatic heterocycles. The second kappa shape index (κ2) is 14.1. The molecule has 5 unspecified atom stereocenters. The lowest BCUT2D eigenvalue weighted by atomic mass is 9.70. The van der Waals surface area contributed by atoms with Crippen LogP contribution in [0.1, 0.15) is 96.1 Å². The second-order valence-electron chi connectivity index (χ2n) is 12.8. The molecule has 1 aromatic rings. The number of sulfonamides is 2. The smallest absolute Gasteiger partial charge is 0.314 e. The van der Waals surface area contributed by atoms with Crippen LogP contribution in [0.2, 0.25) is 0 Å². The number of nitrogens with two attached hydrogens (primary N) is 1. The summed E-state index contributed by atoms with van der Waals surface area (Å²) in [7, 11) is -7.28. The van der Waals surface area contributed by atoms with E-state index in [1.807, 2.05) is 12.4 Å². The van der Waals surface area contributed by atoms with Gasteiger partial charge in [-0.05, 0) is 93.7 Å². The fraction of sp³-hybridized carbons (Fsp3) is 0.793. The molecule has 2 amide bonds. The summed E-state index contributed by atoms with van der Waals surface area (Å²) in [5.74, 6) is 0.643. The Hall–Kier alpha value is -1.76. The van der Waals surface area contributed by atoms with Crippen molar-refractivity contribution in [2.75, 3.05) is 25.4 Å². The summed E-state index contributed by atoms with van der Waals surface area (Å²) in [5.41, 5.74) is 1.89. The number of aryl methyl sites for hydroxylation is 1. The first-order chi connectivity index (χ1) is 19.1. The highest BCUT2D eigenvalue weighted by atomic mass is 32.2. The number of hydrogen-bond acceptors (Lipinski definition) is 6. The molecular formula is C29H51N5O5S2. The van der Waals surface area contributed by atoms with Gasteiger partial charge in [0.2, 0.25) is 20.0 Å². The SMILES string of the molecule is Cc1cnccc1C1CCCC(C(C)(C)N(CCCNC(=O)NCCS(N)(=O)=O)S(=O)(=O)C2CCCC(C)C2C)C1. The summed E-state index contributed by atoms with van der Waals surface area (Å²) in [6.07, 6.45) is 10.9. The lowest BCUT2D eigenvalue weighted by Gasteiger charge is -2.48. The molecule has 1 aromatic heterocycles. The summed E-state index contributed by atoms with van der Waals surface area (Å²) in [4.78, 5) is 16.4. The third kappa shape index (κ3) is 8.87. The molecule has 2 fully saturated rings. The molecule has 41 heavy (non-hydrogen) atoms. The van der Waals surface area contributed by atoms with Gasteiger partial charge in [-0.1, -0.05) is 33.1 Å². The highest BCUT2D eigenvalue weighted by Crippen LogP contribution is 2.46. The molecule has 2 aliphatic carbocycles. The minimum Gasteiger partial charge on any atom is -0.338 e. The Morgan fingerprint density at radius 1 is 1.07 bits per heavy atom. The van der Waals surface area contributed by atoms with E-state index in [4.69, 9.17) is 5.14 Å². The van der Waals surface area contributed by atoms with Gasteiger partial charge in [-0.3, -0.25) is 4.98 Å². The first-order valence-corrected chi connectivity index (χ1v) is 18.3. The van der Waals surface area contributed by atoms with Gasteiger partial charge in [0.15, 0.2) is 0 Å². The number of carbonyl (C=O) groups excluding carboxylic acids is 1. The number of aromatic nitrogens is 1. The largest absolute Gasteiger partial charge is 0.338 e. The van der Waals surface area contributed by atoms with Crippen LogP contribution in [0.5, 0.6) is 0 Å². The van der Waals surface area contributed by atoms with Gasteiger partial charge < -0.3 is 10.6 Å². The van der Waals surface area contributed by atoms with Gasteiger partial charge in [-0.2, -0.15) is 4.31 Å². The van der Waals surface area contributed by atoms with Crippen molar-refractivity contribution in [1.29, 1.82) is 0 Å². The zero-order valence-electron chi connectivity index (χ0n) is 25.4. The summed E-state index contributed by atoms with van der Waals surface area (Å²) < 4.78 is 52.9. The van der Waals surface area contributed by atoms with Crippen LogP contribution < -0.4 is 15.8 Å². The fourth-order valence-corrected chi connectivity index (χ4v) is 10.1. The van der Waals surface area contributed by atoms with Crippen molar-refractivity contribution < 1.29 is 21.6 Å². The van der Waals surface area contributed by atoms with Crippen LogP contribution in [0.15, 0.2) is 18.5 Å². The number of carbonyl (C=O) groups is 1. The van der Waals surface area contributed by atoms with E-state index in [-0.39, 0.29) is 30.7 Å². The third-order valence-electron chi connectivity index (χ3n) is 9.64. The van der Waals surface area contributed by atoms with Crippen molar-refractivity contribution in [3.8, 4) is 0 Å². The zero-order valence-corrected chi connectivity index (χ0v) is 27.1. The average molecular weight is 614 g/mol. The Bertz CT molecular complexity index is 1240. The van der Waals surface area contributed by atoms with E-state index >= 15 is 0 Å². The van der Waals surface area contributed by atoms with Crippen molar-refractivity contribution in [1.82, 2.24) is 19.9 Å². The third-order valence-corrected chi connectivity index (χ3v) is 13.1. The van der Waals surface area contributed by atoms with Gasteiger partial charge in [0.1, 0.15) is 0 Å². The normalized spacial score (nSPS) is 26.1. The molecule has 0 bridgehead atoms. The van der Waals surface area contributed by atoms with Crippen LogP contribution in [-0.2, 0) is 20.0 Å². The Balaban J connectivity index is 1.77. The van der Waals surface area contributed by atoms with Crippen LogP contribution in [0.4, 0.5) is 4.79 Å². The van der Waals surface area contributed by atoms with Crippen molar-refractivity contribution in [2.45, 2.75) is 103 Å². The zero-order chi connectivity index (χ0) is 30.4. The predicted octanol–water partition coefficient (Wildman–Crippen LogP) is 3.88. The lowest BCUT2D eigenvalue weighted by Crippen LogP contribution is -2.57. The average Bonchev–Trinajstić information content (AvgIpc) is 2.89. The Morgan fingerprint density at radius 3 is 2.44 bits per heavy atom. The summed E-state index contributed by atoms with van der Waals surface area (Å²) in [6.45, 7) is 11.0. The Labute approximate surface area is 247 Å². The first kappa shape index (κ1) is 33.7. The van der Waals surface area contributed by atoms with Crippen LogP contribution in [-0.4, -0.2) is 68.3 Å². The number of urea groups is 1. The molecule has 3 rings (SSSR count). The molecule has 0 saturated heterocycles. The summed E-state index contributed by atoms with van der Waals surface area (Å²) in [5, 5.41) is 9.77. The van der Waals surface area contributed by atoms with Gasteiger partial charge in [-0.15, -0.1) is 0 Å². The molecule has 2 saturated carbocycles. The van der Waals surface area contributed by atoms with E-state index in [1.165, 1.54) is 11.1 Å². The molecule has 234 valence electrons. The lowest BCUT2D eigenvalue weighted by molar-refractivity contribution is 0.101. The van der Waals surface area contributed by atoms with Gasteiger partial charge >= 0.3 is 6.03 Å². The number of primary sulfonamides is 1. The van der Waals surface area contributed by atoms with Crippen LogP contribution in [0.25, 0.3) is 0 Å². The number of hydrogen-bond donors (Lipinski definition) is 3. The topological polar surface area (TPSA) is 152 Å². The van der Waals surface area contributed by atoms with Crippen molar-refractivity contribution >= 4 is 26.1 Å². The Morgan fingerprint density at radius 2 is 1.76 bits per heavy atom. The van der Waals surface area contributed by atoms with Gasteiger partial charge in [0.25, 0.3) is 0 Å². The number of rotatable bonds is 12. The first-order valence-electron chi connectivity index (χ1n) is 15.1. The maximum atomic E-state index is 14.4. The van der Waals surface area contributed by atoms with Gasteiger partial charge in [0.05, 0.1) is 11.0 Å². The molecule has 4 N–H and O–H groups in total. The number of nitrogens with zero attached hydrogens (tertiary/aromatic N) is 2. The van der Waals surface area contributed by atoms with Crippen molar-refractivity contribution in [3.05, 3.63) is 29.6 Å². The maximum Gasteiger partial charge on any atom is 0.314 e. The minimum atomic E-state index is -3.66. The molecule has 1 heterocycles. The molecule has 0 aromatic carbocycles. The molecule has 0 radical (unpaired) electrons. The highest BCUT2D eigenvalue weighted by Gasteiger charge is 2.48. The molecular weight excluding hydrogens is 562 g/mol. The van der Waals surface area contributed by atoms with Gasteiger partial charge in [0, 0.05) is 37.6 Å². The van der Waals surface area contributed by atoms with E-state index in [2.05, 4.69) is 56.3 Å².